The summed E-state index contributed by atoms with van der Waals surface area (Å²) in [5.74, 6) is 0.438. The summed E-state index contributed by atoms with van der Waals surface area (Å²) in [7, 11) is 3.39. The average Bonchev–Trinajstić information content (AvgIpc) is 2.78. The Kier molecular flexibility index (Phi) is 3.95. The Morgan fingerprint density at radius 2 is 2.10 bits per heavy atom. The van der Waals surface area contributed by atoms with Gasteiger partial charge in [-0.05, 0) is 6.07 Å². The molecule has 0 spiro atoms. The number of fused-ring (bicyclic) bond motifs is 1. The Bertz CT molecular complexity index is 691. The third-order valence-electron chi connectivity index (χ3n) is 2.70. The van der Waals surface area contributed by atoms with E-state index < -0.39 is 11.7 Å². The van der Waals surface area contributed by atoms with E-state index in [-0.39, 0.29) is 29.0 Å². The van der Waals surface area contributed by atoms with Gasteiger partial charge in [0.1, 0.15) is 6.54 Å². The highest BCUT2D eigenvalue weighted by Crippen LogP contribution is 2.32. The monoisotopic (exact) mass is 320 g/mol. The van der Waals surface area contributed by atoms with E-state index >= 15 is 0 Å². The summed E-state index contributed by atoms with van der Waals surface area (Å²) in [5, 5.41) is 7.41. The molecule has 6 nitrogen and oxygen atoms in total. The molecule has 114 valence electrons. The first kappa shape index (κ1) is 15.4. The van der Waals surface area contributed by atoms with E-state index in [1.165, 1.54) is 0 Å². The molecule has 0 aliphatic carbocycles. The predicted octanol–water partition coefficient (Wildman–Crippen LogP) is 1.78. The van der Waals surface area contributed by atoms with E-state index in [4.69, 9.17) is 17.3 Å². The summed E-state index contributed by atoms with van der Waals surface area (Å²) in [5.41, 5.74) is 4.87. The van der Waals surface area contributed by atoms with Gasteiger partial charge in [-0.3, -0.25) is 4.40 Å². The van der Waals surface area contributed by atoms with Gasteiger partial charge >= 0.3 is 6.18 Å². The van der Waals surface area contributed by atoms with Crippen molar-refractivity contribution >= 4 is 23.2 Å². The zero-order valence-corrected chi connectivity index (χ0v) is 11.9. The molecule has 2 aromatic heterocycles. The van der Waals surface area contributed by atoms with Crippen LogP contribution in [-0.4, -0.2) is 39.6 Å². The number of hydrogen-bond acceptors (Lipinski definition) is 3. The molecule has 0 saturated carbocycles. The van der Waals surface area contributed by atoms with Gasteiger partial charge < -0.3 is 10.6 Å². The smallest absolute Gasteiger partial charge is 0.370 e. The van der Waals surface area contributed by atoms with Crippen LogP contribution in [0, 0.1) is 0 Å². The maximum absolute atomic E-state index is 12.8. The lowest BCUT2D eigenvalue weighted by molar-refractivity contribution is -0.137. The van der Waals surface area contributed by atoms with Gasteiger partial charge in [0.25, 0.3) is 0 Å². The van der Waals surface area contributed by atoms with E-state index in [1.54, 1.807) is 19.0 Å². The van der Waals surface area contributed by atoms with Crippen LogP contribution < -0.4 is 5.73 Å². The van der Waals surface area contributed by atoms with Crippen molar-refractivity contribution in [1.82, 2.24) is 19.5 Å². The Hall–Kier alpha value is -2.03. The van der Waals surface area contributed by atoms with Crippen molar-refractivity contribution in [2.45, 2.75) is 12.7 Å². The number of hydrogen-bond donors (Lipinski definition) is 1. The van der Waals surface area contributed by atoms with Crippen LogP contribution in [0.15, 0.2) is 17.3 Å². The van der Waals surface area contributed by atoms with Crippen molar-refractivity contribution in [2.75, 3.05) is 14.1 Å². The number of aliphatic imine (C=N–C) groups is 1. The molecular weight excluding hydrogens is 309 g/mol. The molecular formula is C11H12ClF3N6. The van der Waals surface area contributed by atoms with E-state index in [2.05, 4.69) is 15.2 Å². The summed E-state index contributed by atoms with van der Waals surface area (Å²) < 4.78 is 39.5. The third-order valence-corrected chi connectivity index (χ3v) is 2.98. The number of rotatable bonds is 2. The Morgan fingerprint density at radius 3 is 2.67 bits per heavy atom. The van der Waals surface area contributed by atoms with Crippen LogP contribution in [0.4, 0.5) is 13.2 Å². The maximum Gasteiger partial charge on any atom is 0.417 e. The summed E-state index contributed by atoms with van der Waals surface area (Å²) in [4.78, 5) is 5.58. The Balaban J connectivity index is 2.47. The molecule has 2 heterocycles. The molecule has 0 atom stereocenters. The first-order chi connectivity index (χ1) is 9.70. The van der Waals surface area contributed by atoms with Crippen molar-refractivity contribution in [3.63, 3.8) is 0 Å². The van der Waals surface area contributed by atoms with Crippen LogP contribution in [0.5, 0.6) is 0 Å². The minimum absolute atomic E-state index is 0.0111. The van der Waals surface area contributed by atoms with Crippen LogP contribution in [0.25, 0.3) is 5.65 Å². The van der Waals surface area contributed by atoms with Crippen LogP contribution in [0.2, 0.25) is 5.02 Å². The highest BCUT2D eigenvalue weighted by molar-refractivity contribution is 6.33. The summed E-state index contributed by atoms with van der Waals surface area (Å²) in [6, 6.07) is 0.812. The lowest BCUT2D eigenvalue weighted by Gasteiger charge is -2.10. The lowest BCUT2D eigenvalue weighted by atomic mass is 10.3. The molecule has 0 aliphatic heterocycles. The van der Waals surface area contributed by atoms with Crippen LogP contribution in [0.3, 0.4) is 0 Å². The van der Waals surface area contributed by atoms with Crippen molar-refractivity contribution in [3.8, 4) is 0 Å². The van der Waals surface area contributed by atoms with Crippen molar-refractivity contribution in [1.29, 1.82) is 0 Å². The zero-order chi connectivity index (χ0) is 15.8. The second-order valence-electron chi connectivity index (χ2n) is 4.45. The number of guanidine groups is 1. The minimum Gasteiger partial charge on any atom is -0.370 e. The summed E-state index contributed by atoms with van der Waals surface area (Å²) in [6.45, 7) is -0.0111. The molecule has 0 amide bonds. The molecule has 2 N–H and O–H groups in total. The van der Waals surface area contributed by atoms with Gasteiger partial charge in [0.05, 0.1) is 10.6 Å². The topological polar surface area (TPSA) is 71.8 Å². The Morgan fingerprint density at radius 1 is 1.43 bits per heavy atom. The SMILES string of the molecule is CN(C)C(N)=NCc1nnc2c(Cl)cc(C(F)(F)F)cn12. The van der Waals surface area contributed by atoms with Crippen LogP contribution in [0.1, 0.15) is 11.4 Å². The minimum atomic E-state index is -4.51. The molecule has 0 aromatic carbocycles. The molecule has 2 rings (SSSR count). The number of aromatic nitrogens is 3. The van der Waals surface area contributed by atoms with Gasteiger partial charge in [-0.25, -0.2) is 4.99 Å². The summed E-state index contributed by atoms with van der Waals surface area (Å²) >= 11 is 5.80. The molecule has 0 fully saturated rings. The van der Waals surface area contributed by atoms with Crippen LogP contribution in [-0.2, 0) is 12.7 Å². The van der Waals surface area contributed by atoms with E-state index in [0.29, 0.717) is 0 Å². The second-order valence-corrected chi connectivity index (χ2v) is 4.86. The summed E-state index contributed by atoms with van der Waals surface area (Å²) in [6.07, 6.45) is -3.62. The molecule has 21 heavy (non-hydrogen) atoms. The average molecular weight is 321 g/mol. The second kappa shape index (κ2) is 5.40. The fourth-order valence-corrected chi connectivity index (χ4v) is 1.80. The fourth-order valence-electron chi connectivity index (χ4n) is 1.56. The lowest BCUT2D eigenvalue weighted by Crippen LogP contribution is -2.30. The van der Waals surface area contributed by atoms with Gasteiger partial charge in [0.15, 0.2) is 17.4 Å². The van der Waals surface area contributed by atoms with Crippen molar-refractivity contribution in [2.24, 2.45) is 10.7 Å². The number of halogens is 4. The molecule has 10 heteroatoms. The normalized spacial score (nSPS) is 13.0. The maximum atomic E-state index is 12.8. The van der Waals surface area contributed by atoms with E-state index in [0.717, 1.165) is 16.7 Å². The largest absolute Gasteiger partial charge is 0.417 e. The quantitative estimate of drug-likeness (QED) is 0.676. The van der Waals surface area contributed by atoms with E-state index in [1.807, 2.05) is 0 Å². The highest BCUT2D eigenvalue weighted by atomic mass is 35.5. The van der Waals surface area contributed by atoms with Gasteiger partial charge in [0.2, 0.25) is 0 Å². The van der Waals surface area contributed by atoms with Gasteiger partial charge in [0, 0.05) is 20.3 Å². The molecule has 0 aliphatic rings. The van der Waals surface area contributed by atoms with Crippen molar-refractivity contribution in [3.05, 3.63) is 28.7 Å². The molecule has 0 bridgehead atoms. The van der Waals surface area contributed by atoms with E-state index in [9.17, 15) is 13.2 Å². The number of nitrogens with two attached hydrogens (primary N) is 1. The Labute approximate surface area is 123 Å². The first-order valence-corrected chi connectivity index (χ1v) is 6.15. The van der Waals surface area contributed by atoms with Gasteiger partial charge in [-0.15, -0.1) is 10.2 Å². The van der Waals surface area contributed by atoms with Gasteiger partial charge in [-0.2, -0.15) is 13.2 Å². The first-order valence-electron chi connectivity index (χ1n) is 5.77. The third kappa shape index (κ3) is 3.18. The molecule has 0 saturated heterocycles. The number of nitrogens with zero attached hydrogens (tertiary/aromatic N) is 5. The van der Waals surface area contributed by atoms with Crippen LogP contribution >= 0.6 is 11.6 Å². The van der Waals surface area contributed by atoms with Gasteiger partial charge in [-0.1, -0.05) is 11.6 Å². The molecule has 0 radical (unpaired) electrons. The molecule has 2 aromatic rings. The predicted molar refractivity (Wildman–Crippen MR) is 72.0 cm³/mol. The van der Waals surface area contributed by atoms with Crippen molar-refractivity contribution < 1.29 is 13.2 Å². The number of pyridine rings is 1. The highest BCUT2D eigenvalue weighted by Gasteiger charge is 2.32. The fraction of sp³-hybridized carbons (Fsp3) is 0.364. The number of alkyl halides is 3. The zero-order valence-electron chi connectivity index (χ0n) is 11.2. The molecule has 0 unspecified atom stereocenters. The standard InChI is InChI=1S/C11H12ClF3N6/c1-20(2)10(16)17-4-8-18-19-9-7(12)3-6(5-21(8)9)11(13,14)15/h3,5H,4H2,1-2H3,(H2,16,17).